The molecule has 0 saturated carbocycles. The van der Waals surface area contributed by atoms with Crippen molar-refractivity contribution in [2.75, 3.05) is 39.8 Å². The van der Waals surface area contributed by atoms with Crippen molar-refractivity contribution in [1.82, 2.24) is 15.1 Å². The molecular weight excluding hydrogens is 318 g/mol. The van der Waals surface area contributed by atoms with E-state index in [4.69, 9.17) is 9.47 Å². The molecule has 1 unspecified atom stereocenters. The lowest BCUT2D eigenvalue weighted by Gasteiger charge is -2.40. The summed E-state index contributed by atoms with van der Waals surface area (Å²) in [4.78, 5) is 16.6. The molecule has 0 radical (unpaired) electrons. The second-order valence-corrected chi connectivity index (χ2v) is 6.76. The Morgan fingerprint density at radius 3 is 2.72 bits per heavy atom. The summed E-state index contributed by atoms with van der Waals surface area (Å²) in [5.74, 6) is 1.46. The van der Waals surface area contributed by atoms with E-state index in [1.165, 1.54) is 19.3 Å². The molecule has 0 aromatic heterocycles. The van der Waals surface area contributed by atoms with Crippen LogP contribution in [0.3, 0.4) is 0 Å². The Morgan fingerprint density at radius 1 is 1.24 bits per heavy atom. The van der Waals surface area contributed by atoms with E-state index < -0.39 is 0 Å². The van der Waals surface area contributed by atoms with Gasteiger partial charge < -0.3 is 19.7 Å². The number of amides is 2. The minimum absolute atomic E-state index is 0.0153. The number of urea groups is 1. The zero-order valence-electron chi connectivity index (χ0n) is 15.2. The third kappa shape index (κ3) is 4.37. The van der Waals surface area contributed by atoms with Crippen molar-refractivity contribution in [2.45, 2.75) is 38.3 Å². The van der Waals surface area contributed by atoms with Crippen molar-refractivity contribution in [3.05, 3.63) is 24.3 Å². The summed E-state index contributed by atoms with van der Waals surface area (Å²) in [5.41, 5.74) is 0. The van der Waals surface area contributed by atoms with Crippen LogP contribution in [0.25, 0.3) is 0 Å². The zero-order valence-corrected chi connectivity index (χ0v) is 15.2. The van der Waals surface area contributed by atoms with Crippen molar-refractivity contribution >= 4 is 6.03 Å². The molecule has 2 aliphatic heterocycles. The quantitative estimate of drug-likeness (QED) is 0.858. The molecule has 6 nitrogen and oxygen atoms in total. The van der Waals surface area contributed by atoms with Gasteiger partial charge in [-0.2, -0.15) is 0 Å². The number of carbonyl (C=O) groups is 1. The minimum atomic E-state index is 0.0153. The summed E-state index contributed by atoms with van der Waals surface area (Å²) in [5, 5.41) is 3.09. The number of hydrogen-bond donors (Lipinski definition) is 1. The highest BCUT2D eigenvalue weighted by Crippen LogP contribution is 2.28. The van der Waals surface area contributed by atoms with E-state index in [0.717, 1.165) is 31.1 Å². The number of likely N-dealkylation sites (tertiary alicyclic amines) is 2. The molecule has 3 rings (SSSR count). The molecule has 6 heteroatoms. The molecule has 1 aromatic rings. The van der Waals surface area contributed by atoms with Gasteiger partial charge in [-0.1, -0.05) is 25.5 Å². The van der Waals surface area contributed by atoms with Gasteiger partial charge in [-0.25, -0.2) is 4.79 Å². The monoisotopic (exact) mass is 347 g/mol. The summed E-state index contributed by atoms with van der Waals surface area (Å²) in [6, 6.07) is 8.10. The number of carbonyl (C=O) groups excluding carboxylic acids is 1. The van der Waals surface area contributed by atoms with E-state index in [1.807, 2.05) is 24.3 Å². The van der Waals surface area contributed by atoms with Crippen LogP contribution in [0.1, 0.15) is 26.2 Å². The molecule has 0 aliphatic carbocycles. The maximum Gasteiger partial charge on any atom is 0.317 e. The molecule has 2 fully saturated rings. The lowest BCUT2D eigenvalue weighted by atomic mass is 10.0. The molecule has 2 saturated heterocycles. The Morgan fingerprint density at radius 2 is 2.00 bits per heavy atom. The number of nitrogens with one attached hydrogen (secondary N) is 1. The topological polar surface area (TPSA) is 54.0 Å². The normalized spacial score (nSPS) is 21.5. The number of ether oxygens (including phenoxy) is 2. The van der Waals surface area contributed by atoms with Gasteiger partial charge in [0.2, 0.25) is 0 Å². The second-order valence-electron chi connectivity index (χ2n) is 6.76. The van der Waals surface area contributed by atoms with Crippen LogP contribution in [0.15, 0.2) is 24.3 Å². The molecule has 1 N–H and O–H groups in total. The summed E-state index contributed by atoms with van der Waals surface area (Å²) < 4.78 is 11.2. The molecule has 2 heterocycles. The third-order valence-electron chi connectivity index (χ3n) is 5.14. The van der Waals surface area contributed by atoms with Crippen molar-refractivity contribution < 1.29 is 14.3 Å². The van der Waals surface area contributed by atoms with Crippen LogP contribution >= 0.6 is 0 Å². The fraction of sp³-hybridized carbons (Fsp3) is 0.632. The fourth-order valence-corrected chi connectivity index (χ4v) is 3.60. The first kappa shape index (κ1) is 17.9. The average Bonchev–Trinajstić information content (AvgIpc) is 2.62. The van der Waals surface area contributed by atoms with Gasteiger partial charge in [-0.3, -0.25) is 4.90 Å². The summed E-state index contributed by atoms with van der Waals surface area (Å²) in [6.45, 7) is 6.36. The summed E-state index contributed by atoms with van der Waals surface area (Å²) >= 11 is 0. The molecule has 1 atom stereocenters. The smallest absolute Gasteiger partial charge is 0.317 e. The number of methoxy groups -OCH3 is 1. The number of piperidine rings is 1. The van der Waals surface area contributed by atoms with Crippen molar-refractivity contribution in [2.24, 2.45) is 0 Å². The Kier molecular flexibility index (Phi) is 6.02. The SMILES string of the molecule is CCN1CCCCC1CNC(=O)N1CC(Oc2ccccc2OC)C1. The molecular formula is C19H29N3O3. The van der Waals surface area contributed by atoms with Crippen molar-refractivity contribution in [3.63, 3.8) is 0 Å². The molecule has 138 valence electrons. The lowest BCUT2D eigenvalue weighted by Crippen LogP contribution is -2.60. The van der Waals surface area contributed by atoms with Crippen LogP contribution in [0, 0.1) is 0 Å². The molecule has 1 aromatic carbocycles. The third-order valence-corrected chi connectivity index (χ3v) is 5.14. The number of rotatable bonds is 6. The largest absolute Gasteiger partial charge is 0.493 e. The van der Waals surface area contributed by atoms with Crippen LogP contribution in [0.5, 0.6) is 11.5 Å². The number of nitrogens with zero attached hydrogens (tertiary/aromatic N) is 2. The van der Waals surface area contributed by atoms with E-state index >= 15 is 0 Å². The molecule has 2 aliphatic rings. The summed E-state index contributed by atoms with van der Waals surface area (Å²) in [7, 11) is 1.63. The van der Waals surface area contributed by atoms with Gasteiger partial charge >= 0.3 is 6.03 Å². The standard InChI is InChI=1S/C19H29N3O3/c1-3-21-11-7-6-8-15(21)12-20-19(23)22-13-16(14-22)25-18-10-5-4-9-17(18)24-2/h4-5,9-10,15-16H,3,6-8,11-14H2,1-2H3,(H,20,23). The predicted molar refractivity (Wildman–Crippen MR) is 97.3 cm³/mol. The Hall–Kier alpha value is -1.95. The summed E-state index contributed by atoms with van der Waals surface area (Å²) in [6.07, 6.45) is 3.74. The van der Waals surface area contributed by atoms with Gasteiger partial charge in [0.05, 0.1) is 20.2 Å². The van der Waals surface area contributed by atoms with E-state index in [9.17, 15) is 4.79 Å². The van der Waals surface area contributed by atoms with Gasteiger partial charge in [0.25, 0.3) is 0 Å². The van der Waals surface area contributed by atoms with Gasteiger partial charge in [0.1, 0.15) is 6.10 Å². The molecule has 2 amide bonds. The van der Waals surface area contributed by atoms with Crippen LogP contribution in [-0.2, 0) is 0 Å². The lowest BCUT2D eigenvalue weighted by molar-refractivity contribution is 0.0415. The van der Waals surface area contributed by atoms with Gasteiger partial charge in [0, 0.05) is 12.6 Å². The number of likely N-dealkylation sites (N-methyl/N-ethyl adjacent to an activating group) is 1. The van der Waals surface area contributed by atoms with Crippen LogP contribution in [-0.4, -0.2) is 67.8 Å². The van der Waals surface area contributed by atoms with E-state index in [1.54, 1.807) is 12.0 Å². The van der Waals surface area contributed by atoms with Crippen molar-refractivity contribution in [1.29, 1.82) is 0 Å². The van der Waals surface area contributed by atoms with Gasteiger partial charge in [-0.05, 0) is 38.1 Å². The maximum absolute atomic E-state index is 12.3. The Labute approximate surface area is 150 Å². The van der Waals surface area contributed by atoms with E-state index in [-0.39, 0.29) is 12.1 Å². The van der Waals surface area contributed by atoms with Crippen LogP contribution in [0.2, 0.25) is 0 Å². The number of para-hydroxylation sites is 2. The van der Waals surface area contributed by atoms with E-state index in [2.05, 4.69) is 17.1 Å². The first-order valence-electron chi connectivity index (χ1n) is 9.27. The second kappa shape index (κ2) is 8.43. The molecule has 0 bridgehead atoms. The van der Waals surface area contributed by atoms with Crippen molar-refractivity contribution in [3.8, 4) is 11.5 Å². The maximum atomic E-state index is 12.3. The Balaban J connectivity index is 1.41. The highest BCUT2D eigenvalue weighted by atomic mass is 16.5. The minimum Gasteiger partial charge on any atom is -0.493 e. The highest BCUT2D eigenvalue weighted by Gasteiger charge is 2.33. The zero-order chi connectivity index (χ0) is 17.6. The highest BCUT2D eigenvalue weighted by molar-refractivity contribution is 5.75. The van der Waals surface area contributed by atoms with Gasteiger partial charge in [0.15, 0.2) is 11.5 Å². The molecule has 0 spiro atoms. The average molecular weight is 347 g/mol. The van der Waals surface area contributed by atoms with Crippen LogP contribution in [0.4, 0.5) is 4.79 Å². The van der Waals surface area contributed by atoms with Gasteiger partial charge in [-0.15, -0.1) is 0 Å². The molecule has 25 heavy (non-hydrogen) atoms. The Bertz CT molecular complexity index is 575. The fourth-order valence-electron chi connectivity index (χ4n) is 3.60. The first-order chi connectivity index (χ1) is 12.2. The number of hydrogen-bond acceptors (Lipinski definition) is 4. The van der Waals surface area contributed by atoms with E-state index in [0.29, 0.717) is 19.1 Å². The number of benzene rings is 1. The predicted octanol–water partition coefficient (Wildman–Crippen LogP) is 2.34. The van der Waals surface area contributed by atoms with Crippen LogP contribution < -0.4 is 14.8 Å². The first-order valence-corrected chi connectivity index (χ1v) is 9.27.